The van der Waals surface area contributed by atoms with Crippen molar-refractivity contribution in [1.29, 1.82) is 0 Å². The summed E-state index contributed by atoms with van der Waals surface area (Å²) in [5.74, 6) is -0.473. The van der Waals surface area contributed by atoms with Gasteiger partial charge in [-0.15, -0.1) is 0 Å². The summed E-state index contributed by atoms with van der Waals surface area (Å²) in [6.07, 6.45) is 5.01. The number of hydrogen-bond donors (Lipinski definition) is 2. The van der Waals surface area contributed by atoms with Gasteiger partial charge in [0.15, 0.2) is 0 Å². The summed E-state index contributed by atoms with van der Waals surface area (Å²) in [5, 5.41) is 0. The molecule has 2 amide bonds. The zero-order chi connectivity index (χ0) is 13.4. The fourth-order valence-corrected chi connectivity index (χ4v) is 2.09. The number of halogens is 1. The van der Waals surface area contributed by atoms with Crippen molar-refractivity contribution < 1.29 is 9.59 Å². The van der Waals surface area contributed by atoms with Gasteiger partial charge < -0.3 is 0 Å². The number of hydrogen-bond acceptors (Lipinski definition) is 3. The molecule has 1 aliphatic rings. The number of carbonyl (C=O) groups excluding carboxylic acids is 2. The Hall–Kier alpha value is -1.89. The number of nitrogens with one attached hydrogen (secondary N) is 2. The molecule has 1 fully saturated rings. The Bertz CT molecular complexity index is 663. The first-order valence-corrected chi connectivity index (χ1v) is 6.67. The smallest absolute Gasteiger partial charge is 0.288 e. The predicted octanol–water partition coefficient (Wildman–Crippen LogP) is 1.27. The highest BCUT2D eigenvalue weighted by molar-refractivity contribution is 9.10. The minimum Gasteiger partial charge on any atom is -0.294 e. The van der Waals surface area contributed by atoms with Crippen molar-refractivity contribution in [2.24, 2.45) is 5.92 Å². The zero-order valence-electron chi connectivity index (χ0n) is 9.89. The van der Waals surface area contributed by atoms with Crippen molar-refractivity contribution in [3.05, 3.63) is 34.7 Å². The molecule has 0 bridgehead atoms. The third-order valence-electron chi connectivity index (χ3n) is 2.95. The van der Waals surface area contributed by atoms with Crippen LogP contribution in [0, 0.1) is 5.92 Å². The molecule has 2 aromatic heterocycles. The van der Waals surface area contributed by atoms with Gasteiger partial charge in [0.1, 0.15) is 11.3 Å². The Balaban J connectivity index is 1.77. The Morgan fingerprint density at radius 3 is 2.84 bits per heavy atom. The van der Waals surface area contributed by atoms with Gasteiger partial charge in [0, 0.05) is 16.6 Å². The molecule has 0 radical (unpaired) electrons. The first-order chi connectivity index (χ1) is 9.15. The van der Waals surface area contributed by atoms with Gasteiger partial charge in [-0.05, 0) is 40.9 Å². The topological polar surface area (TPSA) is 75.5 Å². The number of aromatic nitrogens is 2. The molecule has 0 aliphatic heterocycles. The van der Waals surface area contributed by atoms with E-state index in [1.54, 1.807) is 16.7 Å². The van der Waals surface area contributed by atoms with Crippen molar-refractivity contribution in [3.63, 3.8) is 0 Å². The maximum atomic E-state index is 12.0. The van der Waals surface area contributed by atoms with Gasteiger partial charge in [0.05, 0.1) is 6.20 Å². The second-order valence-corrected chi connectivity index (χ2v) is 5.35. The fourth-order valence-electron chi connectivity index (χ4n) is 1.75. The molecule has 1 aliphatic carbocycles. The first-order valence-electron chi connectivity index (χ1n) is 5.88. The SMILES string of the molecule is O=C(NNC(=O)C1CC1)c1cnc2ccc(Br)cn12. The molecule has 2 N–H and O–H groups in total. The average Bonchev–Trinajstić information content (AvgIpc) is 3.16. The molecule has 0 aromatic carbocycles. The van der Waals surface area contributed by atoms with Crippen LogP contribution in [0.1, 0.15) is 23.3 Å². The minimum absolute atomic E-state index is 0.0524. The van der Waals surface area contributed by atoms with Crippen LogP contribution in [0.2, 0.25) is 0 Å². The zero-order valence-corrected chi connectivity index (χ0v) is 11.5. The molecule has 0 saturated heterocycles. The van der Waals surface area contributed by atoms with Crippen molar-refractivity contribution in [3.8, 4) is 0 Å². The van der Waals surface area contributed by atoms with Crippen LogP contribution in [0.3, 0.4) is 0 Å². The molecule has 0 spiro atoms. The number of pyridine rings is 1. The van der Waals surface area contributed by atoms with Gasteiger partial charge in [0.2, 0.25) is 5.91 Å². The lowest BCUT2D eigenvalue weighted by Gasteiger charge is -2.06. The third kappa shape index (κ3) is 2.46. The van der Waals surface area contributed by atoms with Crippen molar-refractivity contribution in [2.75, 3.05) is 0 Å². The molecule has 2 heterocycles. The summed E-state index contributed by atoms with van der Waals surface area (Å²) < 4.78 is 2.50. The van der Waals surface area contributed by atoms with Crippen LogP contribution in [-0.2, 0) is 4.79 Å². The van der Waals surface area contributed by atoms with E-state index in [0.717, 1.165) is 17.3 Å². The Morgan fingerprint density at radius 1 is 1.32 bits per heavy atom. The molecular weight excluding hydrogens is 312 g/mol. The Labute approximate surface area is 117 Å². The number of hydrazine groups is 1. The maximum absolute atomic E-state index is 12.0. The van der Waals surface area contributed by atoms with Crippen molar-refractivity contribution in [1.82, 2.24) is 20.2 Å². The number of amides is 2. The molecule has 98 valence electrons. The van der Waals surface area contributed by atoms with E-state index in [1.807, 2.05) is 6.07 Å². The van der Waals surface area contributed by atoms with Crippen LogP contribution < -0.4 is 10.9 Å². The van der Waals surface area contributed by atoms with E-state index in [0.29, 0.717) is 11.3 Å². The average molecular weight is 323 g/mol. The lowest BCUT2D eigenvalue weighted by molar-refractivity contribution is -0.123. The van der Waals surface area contributed by atoms with Crippen LogP contribution in [-0.4, -0.2) is 21.2 Å². The maximum Gasteiger partial charge on any atom is 0.288 e. The lowest BCUT2D eigenvalue weighted by Crippen LogP contribution is -2.42. The summed E-state index contributed by atoms with van der Waals surface area (Å²) in [7, 11) is 0. The standard InChI is InChI=1S/C12H11BrN4O2/c13-8-3-4-10-14-5-9(17(10)6-8)12(19)16-15-11(18)7-1-2-7/h3-7H,1-2H2,(H,15,18)(H,16,19). The molecule has 0 unspecified atom stereocenters. The third-order valence-corrected chi connectivity index (χ3v) is 3.42. The number of rotatable bonds is 2. The van der Waals surface area contributed by atoms with Crippen LogP contribution >= 0.6 is 15.9 Å². The van der Waals surface area contributed by atoms with Crippen LogP contribution in [0.25, 0.3) is 5.65 Å². The van der Waals surface area contributed by atoms with E-state index in [1.165, 1.54) is 6.20 Å². The Kier molecular flexibility index (Phi) is 2.98. The molecular formula is C12H11BrN4O2. The van der Waals surface area contributed by atoms with Crippen LogP contribution in [0.5, 0.6) is 0 Å². The normalized spacial score (nSPS) is 14.4. The lowest BCUT2D eigenvalue weighted by atomic mass is 10.4. The number of nitrogens with zero attached hydrogens (tertiary/aromatic N) is 2. The van der Waals surface area contributed by atoms with E-state index in [9.17, 15) is 9.59 Å². The van der Waals surface area contributed by atoms with Gasteiger partial charge in [-0.1, -0.05) is 0 Å². The highest BCUT2D eigenvalue weighted by Gasteiger charge is 2.29. The second kappa shape index (κ2) is 4.65. The van der Waals surface area contributed by atoms with Gasteiger partial charge in [-0.3, -0.25) is 24.8 Å². The molecule has 0 atom stereocenters. The van der Waals surface area contributed by atoms with E-state index in [2.05, 4.69) is 31.8 Å². The highest BCUT2D eigenvalue weighted by atomic mass is 79.9. The summed E-state index contributed by atoms with van der Waals surface area (Å²) in [4.78, 5) is 27.5. The molecule has 2 aromatic rings. The number of fused-ring (bicyclic) bond motifs is 1. The van der Waals surface area contributed by atoms with Gasteiger partial charge in [-0.2, -0.15) is 0 Å². The Morgan fingerprint density at radius 2 is 2.11 bits per heavy atom. The molecule has 19 heavy (non-hydrogen) atoms. The van der Waals surface area contributed by atoms with E-state index in [-0.39, 0.29) is 17.7 Å². The molecule has 1 saturated carbocycles. The molecule has 7 heteroatoms. The monoisotopic (exact) mass is 322 g/mol. The minimum atomic E-state index is -0.389. The second-order valence-electron chi connectivity index (χ2n) is 4.44. The molecule has 6 nitrogen and oxygen atoms in total. The van der Waals surface area contributed by atoms with Crippen LogP contribution in [0.4, 0.5) is 0 Å². The highest BCUT2D eigenvalue weighted by Crippen LogP contribution is 2.28. The van der Waals surface area contributed by atoms with Crippen molar-refractivity contribution >= 4 is 33.4 Å². The van der Waals surface area contributed by atoms with E-state index >= 15 is 0 Å². The predicted molar refractivity (Wildman–Crippen MR) is 71.2 cm³/mol. The largest absolute Gasteiger partial charge is 0.294 e. The van der Waals surface area contributed by atoms with Crippen LogP contribution in [0.15, 0.2) is 29.0 Å². The number of imidazole rings is 1. The summed E-state index contributed by atoms with van der Waals surface area (Å²) in [5.41, 5.74) is 5.86. The quantitative estimate of drug-likeness (QED) is 0.817. The first kappa shape index (κ1) is 12.2. The van der Waals surface area contributed by atoms with E-state index < -0.39 is 0 Å². The summed E-state index contributed by atoms with van der Waals surface area (Å²) in [6.45, 7) is 0. The van der Waals surface area contributed by atoms with Gasteiger partial charge in [-0.25, -0.2) is 4.98 Å². The molecule has 3 rings (SSSR count). The van der Waals surface area contributed by atoms with Gasteiger partial charge in [0.25, 0.3) is 5.91 Å². The summed E-state index contributed by atoms with van der Waals surface area (Å²) >= 11 is 3.34. The summed E-state index contributed by atoms with van der Waals surface area (Å²) in [6, 6.07) is 3.64. The van der Waals surface area contributed by atoms with Crippen molar-refractivity contribution in [2.45, 2.75) is 12.8 Å². The van der Waals surface area contributed by atoms with E-state index in [4.69, 9.17) is 0 Å². The fraction of sp³-hybridized carbons (Fsp3) is 0.250. The van der Waals surface area contributed by atoms with Gasteiger partial charge >= 0.3 is 0 Å². The number of carbonyl (C=O) groups is 2.